The third-order valence-electron chi connectivity index (χ3n) is 1.62. The number of carbonyl (C=O) groups is 1. The molecule has 1 unspecified atom stereocenters. The Balaban J connectivity index is 2.42. The fourth-order valence-electron chi connectivity index (χ4n) is 1.05. The highest BCUT2D eigenvalue weighted by Gasteiger charge is 2.16. The Labute approximate surface area is 72.6 Å². The van der Waals surface area contributed by atoms with Crippen LogP contribution >= 0.6 is 0 Å². The molecule has 0 spiro atoms. The maximum absolute atomic E-state index is 11.4. The molecule has 0 fully saturated rings. The molecule has 3 heteroatoms. The molecular weight excluding hydrogens is 152 g/mol. The fraction of sp³-hybridized carbons (Fsp3) is 0.556. The maximum Gasteiger partial charge on any atom is 0.229 e. The second-order valence-electron chi connectivity index (χ2n) is 3.19. The van der Waals surface area contributed by atoms with Crippen molar-refractivity contribution in [2.75, 3.05) is 0 Å². The molecule has 3 nitrogen and oxygen atoms in total. The molecule has 1 aliphatic rings. The van der Waals surface area contributed by atoms with Gasteiger partial charge in [0.15, 0.2) is 0 Å². The summed E-state index contributed by atoms with van der Waals surface area (Å²) in [5, 5.41) is 2.85. The first-order chi connectivity index (χ1) is 5.70. The molecule has 1 amide bonds. The second-order valence-corrected chi connectivity index (χ2v) is 3.19. The third-order valence-corrected chi connectivity index (χ3v) is 1.62. The van der Waals surface area contributed by atoms with Gasteiger partial charge in [-0.05, 0) is 20.3 Å². The Hall–Kier alpha value is -1.12. The first kappa shape index (κ1) is 8.97. The number of hydrogen-bond acceptors (Lipinski definition) is 2. The smallest absolute Gasteiger partial charge is 0.229 e. The molecule has 0 radical (unpaired) electrons. The van der Waals surface area contributed by atoms with Crippen LogP contribution in [0.1, 0.15) is 20.3 Å². The zero-order valence-corrected chi connectivity index (χ0v) is 7.45. The van der Waals surface area contributed by atoms with Crippen LogP contribution in [0.15, 0.2) is 17.3 Å². The van der Waals surface area contributed by atoms with E-state index in [1.165, 1.54) is 0 Å². The summed E-state index contributed by atoms with van der Waals surface area (Å²) in [6.45, 7) is 3.90. The molecule has 12 heavy (non-hydrogen) atoms. The van der Waals surface area contributed by atoms with E-state index >= 15 is 0 Å². The van der Waals surface area contributed by atoms with Gasteiger partial charge in [-0.15, -0.1) is 0 Å². The van der Waals surface area contributed by atoms with Gasteiger partial charge in [-0.25, -0.2) is 0 Å². The van der Waals surface area contributed by atoms with Crippen LogP contribution in [0.2, 0.25) is 0 Å². The molecule has 1 N–H and O–H groups in total. The molecule has 0 bridgehead atoms. The summed E-state index contributed by atoms with van der Waals surface area (Å²) in [7, 11) is 0. The lowest BCUT2D eigenvalue weighted by atomic mass is 10.0. The van der Waals surface area contributed by atoms with Crippen molar-refractivity contribution in [1.82, 2.24) is 5.32 Å². The molecule has 0 aromatic heterocycles. The molecular formula is C9H14N2O. The van der Waals surface area contributed by atoms with Gasteiger partial charge in [0, 0.05) is 18.5 Å². The molecule has 1 aliphatic heterocycles. The number of amides is 1. The zero-order chi connectivity index (χ0) is 8.97. The highest BCUT2D eigenvalue weighted by molar-refractivity contribution is 5.94. The number of rotatable bonds is 2. The summed E-state index contributed by atoms with van der Waals surface area (Å²) < 4.78 is 0. The van der Waals surface area contributed by atoms with Crippen LogP contribution in [0.5, 0.6) is 0 Å². The van der Waals surface area contributed by atoms with Crippen LogP contribution in [0, 0.1) is 5.92 Å². The molecule has 1 atom stereocenters. The minimum atomic E-state index is -0.0719. The normalized spacial score (nSPS) is 21.4. The lowest BCUT2D eigenvalue weighted by Gasteiger charge is -2.14. The Bertz CT molecular complexity index is 219. The number of aliphatic imine (C=N–C) groups is 1. The van der Waals surface area contributed by atoms with Gasteiger partial charge < -0.3 is 5.32 Å². The third kappa shape index (κ3) is 2.49. The summed E-state index contributed by atoms with van der Waals surface area (Å²) in [4.78, 5) is 15.3. The Morgan fingerprint density at radius 1 is 1.67 bits per heavy atom. The van der Waals surface area contributed by atoms with Gasteiger partial charge in [-0.1, -0.05) is 6.08 Å². The van der Waals surface area contributed by atoms with Crippen molar-refractivity contribution in [1.29, 1.82) is 0 Å². The van der Waals surface area contributed by atoms with Gasteiger partial charge in [0.05, 0.1) is 5.92 Å². The molecule has 1 rings (SSSR count). The lowest BCUT2D eigenvalue weighted by molar-refractivity contribution is -0.123. The topological polar surface area (TPSA) is 41.5 Å². The predicted octanol–water partition coefficient (Wildman–Crippen LogP) is 1.12. The van der Waals surface area contributed by atoms with Crippen molar-refractivity contribution in [3.8, 4) is 0 Å². The number of hydrogen-bond donors (Lipinski definition) is 1. The highest BCUT2D eigenvalue weighted by Crippen LogP contribution is 2.06. The monoisotopic (exact) mass is 166 g/mol. The number of nitrogens with zero attached hydrogens (tertiary/aromatic N) is 1. The van der Waals surface area contributed by atoms with E-state index in [1.54, 1.807) is 12.4 Å². The maximum atomic E-state index is 11.4. The Morgan fingerprint density at radius 2 is 2.42 bits per heavy atom. The lowest BCUT2D eigenvalue weighted by Crippen LogP contribution is -2.36. The van der Waals surface area contributed by atoms with E-state index in [2.05, 4.69) is 10.3 Å². The van der Waals surface area contributed by atoms with Crippen LogP contribution in [0.4, 0.5) is 0 Å². The zero-order valence-electron chi connectivity index (χ0n) is 7.45. The standard InChI is InChI=1S/C9H14N2O/c1-7(2)11-9(12)8-4-3-5-10-6-8/h3,5-8H,4H2,1-2H3,(H,11,12). The van der Waals surface area contributed by atoms with Crippen molar-refractivity contribution < 1.29 is 4.79 Å². The summed E-state index contributed by atoms with van der Waals surface area (Å²) in [6, 6.07) is 0.205. The van der Waals surface area contributed by atoms with E-state index in [1.807, 2.05) is 19.9 Å². The minimum absolute atomic E-state index is 0.0677. The highest BCUT2D eigenvalue weighted by atomic mass is 16.1. The quantitative estimate of drug-likeness (QED) is 0.656. The summed E-state index contributed by atoms with van der Waals surface area (Å²) >= 11 is 0. The van der Waals surface area contributed by atoms with Crippen molar-refractivity contribution in [2.24, 2.45) is 10.9 Å². The molecule has 0 saturated carbocycles. The van der Waals surface area contributed by atoms with Crippen molar-refractivity contribution in [2.45, 2.75) is 26.3 Å². The van der Waals surface area contributed by atoms with Crippen LogP contribution < -0.4 is 5.32 Å². The van der Waals surface area contributed by atoms with Crippen LogP contribution in [-0.4, -0.2) is 18.2 Å². The van der Waals surface area contributed by atoms with Crippen molar-refractivity contribution >= 4 is 12.1 Å². The van der Waals surface area contributed by atoms with E-state index in [4.69, 9.17) is 0 Å². The first-order valence-electron chi connectivity index (χ1n) is 4.19. The molecule has 0 aliphatic carbocycles. The van der Waals surface area contributed by atoms with Crippen LogP contribution in [0.25, 0.3) is 0 Å². The van der Waals surface area contributed by atoms with Crippen LogP contribution in [0.3, 0.4) is 0 Å². The first-order valence-corrected chi connectivity index (χ1v) is 4.19. The fourth-order valence-corrected chi connectivity index (χ4v) is 1.05. The Kier molecular flexibility index (Phi) is 3.02. The van der Waals surface area contributed by atoms with Gasteiger partial charge in [0.25, 0.3) is 0 Å². The van der Waals surface area contributed by atoms with Gasteiger partial charge in [0.2, 0.25) is 5.91 Å². The second kappa shape index (κ2) is 4.04. The predicted molar refractivity (Wildman–Crippen MR) is 49.0 cm³/mol. The van der Waals surface area contributed by atoms with Crippen molar-refractivity contribution in [3.05, 3.63) is 12.3 Å². The average molecular weight is 166 g/mol. The number of allylic oxidation sites excluding steroid dienone is 1. The largest absolute Gasteiger partial charge is 0.353 e. The van der Waals surface area contributed by atoms with Gasteiger partial charge >= 0.3 is 0 Å². The minimum Gasteiger partial charge on any atom is -0.353 e. The van der Waals surface area contributed by atoms with Gasteiger partial charge in [-0.2, -0.15) is 0 Å². The molecule has 0 aromatic carbocycles. The number of nitrogens with one attached hydrogen (secondary N) is 1. The van der Waals surface area contributed by atoms with E-state index in [-0.39, 0.29) is 17.9 Å². The van der Waals surface area contributed by atoms with Gasteiger partial charge in [0.1, 0.15) is 0 Å². The summed E-state index contributed by atoms with van der Waals surface area (Å²) in [5.74, 6) is -0.00417. The van der Waals surface area contributed by atoms with Crippen molar-refractivity contribution in [3.63, 3.8) is 0 Å². The van der Waals surface area contributed by atoms with E-state index < -0.39 is 0 Å². The number of carbonyl (C=O) groups excluding carboxylic acids is 1. The average Bonchev–Trinajstić information content (AvgIpc) is 2.05. The Morgan fingerprint density at radius 3 is 2.92 bits per heavy atom. The SMILES string of the molecule is CC(C)NC(=O)C1C=NC=CC1. The van der Waals surface area contributed by atoms with E-state index in [0.717, 1.165) is 6.42 Å². The van der Waals surface area contributed by atoms with E-state index in [0.29, 0.717) is 0 Å². The van der Waals surface area contributed by atoms with E-state index in [9.17, 15) is 4.79 Å². The molecule has 1 heterocycles. The molecule has 66 valence electrons. The summed E-state index contributed by atoms with van der Waals surface area (Å²) in [6.07, 6.45) is 6.09. The molecule has 0 saturated heterocycles. The molecule has 0 aromatic rings. The van der Waals surface area contributed by atoms with Crippen LogP contribution in [-0.2, 0) is 4.79 Å². The van der Waals surface area contributed by atoms with Gasteiger partial charge in [-0.3, -0.25) is 9.79 Å². The summed E-state index contributed by atoms with van der Waals surface area (Å²) in [5.41, 5.74) is 0.